The molecule has 0 bridgehead atoms. The first-order chi connectivity index (χ1) is 14.7. The van der Waals surface area contributed by atoms with Gasteiger partial charge in [0.05, 0.1) is 19.1 Å². The van der Waals surface area contributed by atoms with Crippen molar-refractivity contribution in [2.75, 3.05) is 32.8 Å². The van der Waals surface area contributed by atoms with Crippen LogP contribution in [-0.4, -0.2) is 43.7 Å². The van der Waals surface area contributed by atoms with Gasteiger partial charge in [-0.25, -0.2) is 0 Å². The molecule has 4 nitrogen and oxygen atoms in total. The number of halogens is 1. The summed E-state index contributed by atoms with van der Waals surface area (Å²) < 4.78 is 11.7. The number of esters is 1. The standard InChI is InChI=1S/C25H30ClNO3/c1-2-29-25(28)20-7-5-13-27(17-20)14-15-30-24-22-8-4-3-6-18(22)9-10-19-11-12-21(26)16-23(19)24/h3-4,6,8,11-12,16,20,24H,2,5,7,9-10,13-15,17H2,1H3/t20-,24?/m1/s1. The summed E-state index contributed by atoms with van der Waals surface area (Å²) in [5.74, 6) is -0.0822. The lowest BCUT2D eigenvalue weighted by Crippen LogP contribution is -2.41. The van der Waals surface area contributed by atoms with E-state index >= 15 is 0 Å². The van der Waals surface area contributed by atoms with Gasteiger partial charge in [-0.1, -0.05) is 41.9 Å². The van der Waals surface area contributed by atoms with Crippen LogP contribution in [0.3, 0.4) is 0 Å². The van der Waals surface area contributed by atoms with Crippen LogP contribution >= 0.6 is 11.6 Å². The molecule has 2 atom stereocenters. The molecule has 4 rings (SSSR count). The number of hydrogen-bond donors (Lipinski definition) is 0. The Balaban J connectivity index is 1.45. The summed E-state index contributed by atoms with van der Waals surface area (Å²) in [6.45, 7) is 5.49. The molecule has 5 heteroatoms. The fourth-order valence-electron chi connectivity index (χ4n) is 4.68. The lowest BCUT2D eigenvalue weighted by molar-refractivity contribution is -0.150. The van der Waals surface area contributed by atoms with Crippen LogP contribution in [0.5, 0.6) is 0 Å². The minimum absolute atomic E-state index is 0.0168. The SMILES string of the molecule is CCOC(=O)[C@@H]1CCCN(CCOC2c3ccccc3CCc3ccc(Cl)cc32)C1. The molecule has 30 heavy (non-hydrogen) atoms. The van der Waals surface area contributed by atoms with Crippen molar-refractivity contribution in [1.29, 1.82) is 0 Å². The third kappa shape index (κ3) is 4.88. The monoisotopic (exact) mass is 427 g/mol. The van der Waals surface area contributed by atoms with Crippen LogP contribution in [0.1, 0.15) is 48.1 Å². The Labute approximate surface area is 184 Å². The second-order valence-corrected chi connectivity index (χ2v) is 8.62. The minimum atomic E-state index is -0.108. The van der Waals surface area contributed by atoms with Crippen LogP contribution in [0.4, 0.5) is 0 Å². The average Bonchev–Trinajstić information content (AvgIpc) is 2.91. The van der Waals surface area contributed by atoms with Gasteiger partial charge in [0.1, 0.15) is 6.10 Å². The first-order valence-corrected chi connectivity index (χ1v) is 11.4. The van der Waals surface area contributed by atoms with Gasteiger partial charge in [-0.3, -0.25) is 4.79 Å². The topological polar surface area (TPSA) is 38.8 Å². The van der Waals surface area contributed by atoms with Crippen LogP contribution in [0.15, 0.2) is 42.5 Å². The van der Waals surface area contributed by atoms with Gasteiger partial charge in [0.15, 0.2) is 0 Å². The number of piperidine rings is 1. The molecule has 2 aromatic rings. The van der Waals surface area contributed by atoms with Gasteiger partial charge >= 0.3 is 5.97 Å². The Morgan fingerprint density at radius 1 is 1.13 bits per heavy atom. The van der Waals surface area contributed by atoms with E-state index in [0.717, 1.165) is 50.3 Å². The molecule has 1 saturated heterocycles. The Kier molecular flexibility index (Phi) is 7.08. The molecule has 2 aliphatic rings. The minimum Gasteiger partial charge on any atom is -0.466 e. The molecule has 1 fully saturated rings. The molecule has 1 aliphatic carbocycles. The summed E-state index contributed by atoms with van der Waals surface area (Å²) in [5.41, 5.74) is 5.06. The Morgan fingerprint density at radius 2 is 1.93 bits per heavy atom. The molecule has 2 aromatic carbocycles. The number of ether oxygens (including phenoxy) is 2. The highest BCUT2D eigenvalue weighted by Crippen LogP contribution is 2.36. The van der Waals surface area contributed by atoms with Crippen molar-refractivity contribution < 1.29 is 14.3 Å². The van der Waals surface area contributed by atoms with E-state index in [1.807, 2.05) is 13.0 Å². The summed E-state index contributed by atoms with van der Waals surface area (Å²) in [7, 11) is 0. The highest BCUT2D eigenvalue weighted by Gasteiger charge is 2.28. The zero-order valence-electron chi connectivity index (χ0n) is 17.6. The number of nitrogens with zero attached hydrogens (tertiary/aromatic N) is 1. The molecule has 0 aromatic heterocycles. The van der Waals surface area contributed by atoms with E-state index < -0.39 is 0 Å². The van der Waals surface area contributed by atoms with Gasteiger partial charge in [0.2, 0.25) is 0 Å². The molecule has 160 valence electrons. The summed E-state index contributed by atoms with van der Waals surface area (Å²) in [6, 6.07) is 14.7. The molecule has 1 unspecified atom stereocenters. The molecular formula is C25H30ClNO3. The molecule has 1 heterocycles. The maximum atomic E-state index is 12.1. The van der Waals surface area contributed by atoms with Gasteiger partial charge in [-0.2, -0.15) is 0 Å². The van der Waals surface area contributed by atoms with Crippen LogP contribution in [0.2, 0.25) is 5.02 Å². The number of carbonyl (C=O) groups is 1. The number of fused-ring (bicyclic) bond motifs is 2. The van der Waals surface area contributed by atoms with Crippen molar-refractivity contribution in [3.63, 3.8) is 0 Å². The van der Waals surface area contributed by atoms with E-state index in [1.54, 1.807) is 0 Å². The van der Waals surface area contributed by atoms with Crippen LogP contribution in [0, 0.1) is 5.92 Å². The maximum Gasteiger partial charge on any atom is 0.310 e. The second kappa shape index (κ2) is 9.95. The summed E-state index contributed by atoms with van der Waals surface area (Å²) in [4.78, 5) is 14.4. The molecule has 1 aliphatic heterocycles. The van der Waals surface area contributed by atoms with E-state index in [1.165, 1.54) is 22.3 Å². The zero-order valence-corrected chi connectivity index (χ0v) is 18.4. The number of likely N-dealkylation sites (tertiary alicyclic amines) is 1. The fourth-order valence-corrected chi connectivity index (χ4v) is 4.86. The smallest absolute Gasteiger partial charge is 0.310 e. The Hall–Kier alpha value is -1.88. The van der Waals surface area contributed by atoms with Gasteiger partial charge < -0.3 is 14.4 Å². The summed E-state index contributed by atoms with van der Waals surface area (Å²) >= 11 is 6.34. The molecule has 0 amide bonds. The largest absolute Gasteiger partial charge is 0.466 e. The summed E-state index contributed by atoms with van der Waals surface area (Å²) in [6.07, 6.45) is 3.84. The number of hydrogen-bond acceptors (Lipinski definition) is 4. The molecular weight excluding hydrogens is 398 g/mol. The van der Waals surface area contributed by atoms with E-state index in [9.17, 15) is 4.79 Å². The normalized spacial score (nSPS) is 21.4. The van der Waals surface area contributed by atoms with Gasteiger partial charge in [-0.05, 0) is 73.5 Å². The summed E-state index contributed by atoms with van der Waals surface area (Å²) in [5, 5.41) is 0.745. The predicted molar refractivity (Wildman–Crippen MR) is 119 cm³/mol. The quantitative estimate of drug-likeness (QED) is 0.619. The zero-order chi connectivity index (χ0) is 20.9. The highest BCUT2D eigenvalue weighted by atomic mass is 35.5. The number of rotatable bonds is 6. The van der Waals surface area contributed by atoms with Gasteiger partial charge in [0.25, 0.3) is 0 Å². The van der Waals surface area contributed by atoms with Gasteiger partial charge in [-0.15, -0.1) is 0 Å². The van der Waals surface area contributed by atoms with Crippen LogP contribution in [-0.2, 0) is 27.1 Å². The average molecular weight is 428 g/mol. The van der Waals surface area contributed by atoms with E-state index in [4.69, 9.17) is 21.1 Å². The molecule has 0 radical (unpaired) electrons. The van der Waals surface area contributed by atoms with Crippen LogP contribution in [0.25, 0.3) is 0 Å². The Morgan fingerprint density at radius 3 is 2.77 bits per heavy atom. The van der Waals surface area contributed by atoms with Gasteiger partial charge in [0, 0.05) is 18.1 Å². The molecule has 0 saturated carbocycles. The van der Waals surface area contributed by atoms with E-state index in [2.05, 4.69) is 41.3 Å². The highest BCUT2D eigenvalue weighted by molar-refractivity contribution is 6.30. The number of carbonyl (C=O) groups excluding carboxylic acids is 1. The van der Waals surface area contributed by atoms with Crippen molar-refractivity contribution in [3.8, 4) is 0 Å². The van der Waals surface area contributed by atoms with Crippen molar-refractivity contribution in [3.05, 3.63) is 69.7 Å². The lowest BCUT2D eigenvalue weighted by atomic mass is 9.97. The van der Waals surface area contributed by atoms with Crippen LogP contribution < -0.4 is 0 Å². The third-order valence-corrected chi connectivity index (χ3v) is 6.44. The fraction of sp³-hybridized carbons (Fsp3) is 0.480. The lowest BCUT2D eigenvalue weighted by Gasteiger charge is -2.32. The van der Waals surface area contributed by atoms with Crippen molar-refractivity contribution in [1.82, 2.24) is 4.90 Å². The van der Waals surface area contributed by atoms with Crippen molar-refractivity contribution in [2.45, 2.75) is 38.7 Å². The van der Waals surface area contributed by atoms with Crippen molar-refractivity contribution in [2.24, 2.45) is 5.92 Å². The first kappa shape index (κ1) is 21.4. The maximum absolute atomic E-state index is 12.1. The molecule has 0 spiro atoms. The number of benzene rings is 2. The van der Waals surface area contributed by atoms with E-state index in [-0.39, 0.29) is 18.0 Å². The predicted octanol–water partition coefficient (Wildman–Crippen LogP) is 4.82. The first-order valence-electron chi connectivity index (χ1n) is 11.0. The third-order valence-electron chi connectivity index (χ3n) is 6.21. The van der Waals surface area contributed by atoms with E-state index in [0.29, 0.717) is 13.2 Å². The Bertz CT molecular complexity index is 884. The second-order valence-electron chi connectivity index (χ2n) is 8.18. The number of aryl methyl sites for hydroxylation is 2. The van der Waals surface area contributed by atoms with Crippen molar-refractivity contribution >= 4 is 17.6 Å². The molecule has 0 N–H and O–H groups in total.